The largest absolute Gasteiger partial charge is 0.494 e. The zero-order chi connectivity index (χ0) is 15.9. The molecule has 0 unspecified atom stereocenters. The van der Waals surface area contributed by atoms with E-state index >= 15 is 0 Å². The Hall–Kier alpha value is -2.62. The number of carbonyl (C=O) groups excluding carboxylic acids is 1. The first-order valence-electron chi connectivity index (χ1n) is 6.93. The number of rotatable bonds is 6. The summed E-state index contributed by atoms with van der Waals surface area (Å²) in [7, 11) is 1.41. The molecule has 2 aromatic carbocycles. The second-order valence-electron chi connectivity index (χ2n) is 4.55. The van der Waals surface area contributed by atoms with E-state index in [1.807, 2.05) is 6.92 Å². The van der Waals surface area contributed by atoms with E-state index in [-0.39, 0.29) is 11.5 Å². The molecular weight excluding hydrogens is 283 g/mol. The average Bonchev–Trinajstić information content (AvgIpc) is 2.54. The highest BCUT2D eigenvalue weighted by atomic mass is 19.1. The third-order valence-corrected chi connectivity index (χ3v) is 3.05. The summed E-state index contributed by atoms with van der Waals surface area (Å²) >= 11 is 0. The molecule has 0 aliphatic rings. The molecule has 3 nitrogen and oxygen atoms in total. The topological polar surface area (TPSA) is 35.5 Å². The van der Waals surface area contributed by atoms with Crippen molar-refractivity contribution in [2.75, 3.05) is 13.7 Å². The molecule has 22 heavy (non-hydrogen) atoms. The predicted octanol–water partition coefficient (Wildman–Crippen LogP) is 4.13. The summed E-state index contributed by atoms with van der Waals surface area (Å²) in [6.07, 6.45) is 2.98. The van der Waals surface area contributed by atoms with Gasteiger partial charge in [0.2, 0.25) is 0 Å². The Morgan fingerprint density at radius 1 is 1.18 bits per heavy atom. The molecule has 0 saturated heterocycles. The van der Waals surface area contributed by atoms with Gasteiger partial charge in [0.1, 0.15) is 5.75 Å². The lowest BCUT2D eigenvalue weighted by atomic mass is 10.1. The number of hydrogen-bond donors (Lipinski definition) is 0. The number of allylic oxidation sites excluding steroid dienone is 1. The molecule has 0 fully saturated rings. The number of hydrogen-bond acceptors (Lipinski definition) is 3. The number of ketones is 1. The third kappa shape index (κ3) is 3.95. The van der Waals surface area contributed by atoms with Crippen LogP contribution < -0.4 is 9.47 Å². The van der Waals surface area contributed by atoms with Crippen molar-refractivity contribution in [2.45, 2.75) is 6.92 Å². The van der Waals surface area contributed by atoms with Crippen LogP contribution in [0.5, 0.6) is 11.5 Å². The van der Waals surface area contributed by atoms with Crippen LogP contribution in [0.4, 0.5) is 4.39 Å². The summed E-state index contributed by atoms with van der Waals surface area (Å²) in [6, 6.07) is 11.4. The summed E-state index contributed by atoms with van der Waals surface area (Å²) in [4.78, 5) is 12.0. The van der Waals surface area contributed by atoms with Crippen molar-refractivity contribution in [1.82, 2.24) is 0 Å². The molecule has 0 saturated carbocycles. The van der Waals surface area contributed by atoms with Gasteiger partial charge in [-0.2, -0.15) is 0 Å². The van der Waals surface area contributed by atoms with Crippen LogP contribution >= 0.6 is 0 Å². The Kier molecular flexibility index (Phi) is 5.31. The summed E-state index contributed by atoms with van der Waals surface area (Å²) in [5.74, 6) is 0.285. The van der Waals surface area contributed by atoms with Gasteiger partial charge in [0.15, 0.2) is 17.3 Å². The van der Waals surface area contributed by atoms with E-state index < -0.39 is 5.82 Å². The molecule has 0 aliphatic heterocycles. The molecule has 2 aromatic rings. The maximum Gasteiger partial charge on any atom is 0.185 e. The summed E-state index contributed by atoms with van der Waals surface area (Å²) < 4.78 is 23.7. The van der Waals surface area contributed by atoms with Crippen LogP contribution in [-0.4, -0.2) is 19.5 Å². The molecule has 0 aliphatic carbocycles. The van der Waals surface area contributed by atoms with Crippen molar-refractivity contribution in [1.29, 1.82) is 0 Å². The van der Waals surface area contributed by atoms with E-state index in [1.54, 1.807) is 36.4 Å². The lowest BCUT2D eigenvalue weighted by Gasteiger charge is -2.03. The molecule has 0 bridgehead atoms. The summed E-state index contributed by atoms with van der Waals surface area (Å²) in [5.41, 5.74) is 1.14. The first-order chi connectivity index (χ1) is 10.6. The van der Waals surface area contributed by atoms with Gasteiger partial charge in [-0.25, -0.2) is 4.39 Å². The number of methoxy groups -OCH3 is 1. The van der Waals surface area contributed by atoms with Crippen molar-refractivity contribution < 1.29 is 18.7 Å². The van der Waals surface area contributed by atoms with Crippen molar-refractivity contribution in [3.63, 3.8) is 0 Å². The van der Waals surface area contributed by atoms with Gasteiger partial charge in [-0.3, -0.25) is 4.79 Å². The zero-order valence-corrected chi connectivity index (χ0v) is 12.5. The van der Waals surface area contributed by atoms with Crippen molar-refractivity contribution in [2.24, 2.45) is 0 Å². The van der Waals surface area contributed by atoms with E-state index in [9.17, 15) is 9.18 Å². The fraction of sp³-hybridized carbons (Fsp3) is 0.167. The quantitative estimate of drug-likeness (QED) is 0.594. The predicted molar refractivity (Wildman–Crippen MR) is 83.9 cm³/mol. The van der Waals surface area contributed by atoms with Crippen LogP contribution in [0.3, 0.4) is 0 Å². The molecule has 0 radical (unpaired) electrons. The molecule has 2 rings (SSSR count). The molecule has 0 atom stereocenters. The average molecular weight is 300 g/mol. The summed E-state index contributed by atoms with van der Waals surface area (Å²) in [5, 5.41) is 0. The van der Waals surface area contributed by atoms with Crippen molar-refractivity contribution >= 4 is 11.9 Å². The molecular formula is C18H17FO3. The maximum atomic E-state index is 13.6. The normalized spacial score (nSPS) is 10.7. The monoisotopic (exact) mass is 300 g/mol. The van der Waals surface area contributed by atoms with Gasteiger partial charge >= 0.3 is 0 Å². The molecule has 4 heteroatoms. The number of halogens is 1. The van der Waals surface area contributed by atoms with Gasteiger partial charge in [-0.15, -0.1) is 0 Å². The van der Waals surface area contributed by atoms with Gasteiger partial charge < -0.3 is 9.47 Å². The van der Waals surface area contributed by atoms with Crippen LogP contribution in [-0.2, 0) is 0 Å². The number of carbonyl (C=O) groups is 1. The standard InChI is InChI=1S/C18H17FO3/c1-3-22-15-8-6-14(7-9-15)17(20)10-4-13-5-11-18(21-2)16(19)12-13/h4-12H,3H2,1-2H3. The lowest BCUT2D eigenvalue weighted by Crippen LogP contribution is -1.96. The van der Waals surface area contributed by atoms with Crippen LogP contribution in [0.25, 0.3) is 6.08 Å². The Bertz CT molecular complexity index is 675. The number of benzene rings is 2. The van der Waals surface area contributed by atoms with Crippen molar-refractivity contribution in [3.8, 4) is 11.5 Å². The summed E-state index contributed by atoms with van der Waals surface area (Å²) in [6.45, 7) is 2.48. The Morgan fingerprint density at radius 3 is 2.50 bits per heavy atom. The van der Waals surface area contributed by atoms with Crippen LogP contribution in [0.15, 0.2) is 48.5 Å². The Balaban J connectivity index is 2.09. The first kappa shape index (κ1) is 15.8. The van der Waals surface area contributed by atoms with E-state index in [0.29, 0.717) is 17.7 Å². The van der Waals surface area contributed by atoms with Crippen LogP contribution in [0.1, 0.15) is 22.8 Å². The molecule has 0 N–H and O–H groups in total. The van der Waals surface area contributed by atoms with Crippen molar-refractivity contribution in [3.05, 3.63) is 65.5 Å². The molecule has 114 valence electrons. The second-order valence-corrected chi connectivity index (χ2v) is 4.55. The van der Waals surface area contributed by atoms with Gasteiger partial charge in [0, 0.05) is 5.56 Å². The fourth-order valence-electron chi connectivity index (χ4n) is 1.94. The van der Waals surface area contributed by atoms with Crippen LogP contribution in [0, 0.1) is 5.82 Å². The smallest absolute Gasteiger partial charge is 0.185 e. The fourth-order valence-corrected chi connectivity index (χ4v) is 1.94. The third-order valence-electron chi connectivity index (χ3n) is 3.05. The first-order valence-corrected chi connectivity index (χ1v) is 6.93. The highest BCUT2D eigenvalue weighted by molar-refractivity contribution is 6.06. The molecule has 0 aromatic heterocycles. The molecule has 0 amide bonds. The minimum atomic E-state index is -0.460. The highest BCUT2D eigenvalue weighted by Gasteiger charge is 2.04. The van der Waals surface area contributed by atoms with Gasteiger partial charge in [-0.05, 0) is 55.0 Å². The Morgan fingerprint density at radius 2 is 1.91 bits per heavy atom. The van der Waals surface area contributed by atoms with Gasteiger partial charge in [0.25, 0.3) is 0 Å². The van der Waals surface area contributed by atoms with E-state index in [4.69, 9.17) is 9.47 Å². The van der Waals surface area contributed by atoms with E-state index in [2.05, 4.69) is 0 Å². The maximum absolute atomic E-state index is 13.6. The molecule has 0 spiro atoms. The van der Waals surface area contributed by atoms with Crippen LogP contribution in [0.2, 0.25) is 0 Å². The highest BCUT2D eigenvalue weighted by Crippen LogP contribution is 2.19. The SMILES string of the molecule is CCOc1ccc(C(=O)C=Cc2ccc(OC)c(F)c2)cc1. The van der Waals surface area contributed by atoms with E-state index in [0.717, 1.165) is 5.75 Å². The minimum absolute atomic E-state index is 0.153. The van der Waals surface area contributed by atoms with Gasteiger partial charge in [0.05, 0.1) is 13.7 Å². The zero-order valence-electron chi connectivity index (χ0n) is 12.5. The number of ether oxygens (including phenoxy) is 2. The van der Waals surface area contributed by atoms with Gasteiger partial charge in [-0.1, -0.05) is 12.1 Å². The Labute approximate surface area is 129 Å². The van der Waals surface area contributed by atoms with E-state index in [1.165, 1.54) is 25.3 Å². The minimum Gasteiger partial charge on any atom is -0.494 e. The second kappa shape index (κ2) is 7.41. The molecule has 0 heterocycles. The lowest BCUT2D eigenvalue weighted by molar-refractivity contribution is 0.104.